The Morgan fingerprint density at radius 3 is 2.59 bits per heavy atom. The first-order chi connectivity index (χ1) is 16.4. The molecular weight excluding hydrogens is 490 g/mol. The molecule has 2 aromatic carbocycles. The quantitative estimate of drug-likeness (QED) is 0.283. The molecule has 0 aliphatic heterocycles. The highest BCUT2D eigenvalue weighted by molar-refractivity contribution is 7.92. The lowest BCUT2D eigenvalue weighted by Gasteiger charge is -2.15. The van der Waals surface area contributed by atoms with E-state index in [0.29, 0.717) is 13.0 Å². The molecule has 0 aliphatic carbocycles. The number of nitrogens with one attached hydrogen (secondary N) is 3. The highest BCUT2D eigenvalue weighted by Gasteiger charge is 2.21. The van der Waals surface area contributed by atoms with E-state index in [9.17, 15) is 13.2 Å². The summed E-state index contributed by atoms with van der Waals surface area (Å²) in [4.78, 5) is 13.0. The van der Waals surface area contributed by atoms with E-state index in [-0.39, 0.29) is 28.3 Å². The summed E-state index contributed by atoms with van der Waals surface area (Å²) < 4.78 is 34.1. The van der Waals surface area contributed by atoms with Crippen LogP contribution in [0.1, 0.15) is 16.0 Å². The Bertz CT molecular complexity index is 1240. The van der Waals surface area contributed by atoms with E-state index in [1.54, 1.807) is 29.5 Å². The lowest BCUT2D eigenvalue weighted by atomic mass is 10.1. The van der Waals surface area contributed by atoms with Crippen molar-refractivity contribution in [2.24, 2.45) is 0 Å². The minimum absolute atomic E-state index is 0.0239. The third-order valence-electron chi connectivity index (χ3n) is 4.64. The zero-order chi connectivity index (χ0) is 24.4. The Morgan fingerprint density at radius 1 is 1.09 bits per heavy atom. The lowest BCUT2D eigenvalue weighted by molar-refractivity contribution is -0.116. The van der Waals surface area contributed by atoms with Gasteiger partial charge in [-0.1, -0.05) is 42.5 Å². The molecule has 0 fully saturated rings. The SMILES string of the molecule is CNC(=S)NS(=O)(=O)c1cc(CCNC(=O)C=Cc2cccs2)ccc1OCc1ccccc1. The van der Waals surface area contributed by atoms with E-state index >= 15 is 0 Å². The van der Waals surface area contributed by atoms with Crippen LogP contribution in [0, 0.1) is 0 Å². The fraction of sp³-hybridized carbons (Fsp3) is 0.167. The summed E-state index contributed by atoms with van der Waals surface area (Å²) in [5.74, 6) is -0.00739. The molecule has 0 saturated heterocycles. The Labute approximate surface area is 208 Å². The molecule has 0 spiro atoms. The van der Waals surface area contributed by atoms with E-state index in [4.69, 9.17) is 17.0 Å². The van der Waals surface area contributed by atoms with Crippen LogP contribution >= 0.6 is 23.6 Å². The molecule has 0 unspecified atom stereocenters. The van der Waals surface area contributed by atoms with Gasteiger partial charge in [-0.15, -0.1) is 11.3 Å². The van der Waals surface area contributed by atoms with Gasteiger partial charge in [-0.05, 0) is 59.4 Å². The molecule has 3 aromatic rings. The number of sulfonamides is 1. The molecule has 1 heterocycles. The topological polar surface area (TPSA) is 96.5 Å². The highest BCUT2D eigenvalue weighted by atomic mass is 32.2. The maximum atomic E-state index is 13.0. The number of carbonyl (C=O) groups excluding carboxylic acids is 1. The standard InChI is InChI=1S/C24H25N3O4S3/c1-25-24(32)27-34(29,30)22-16-18(9-11-21(22)31-17-19-6-3-2-4-7-19)13-14-26-23(28)12-10-20-8-5-15-33-20/h2-12,15-16H,13-14,17H2,1H3,(H,26,28)(H2,25,27,32). The molecule has 0 radical (unpaired) electrons. The van der Waals surface area contributed by atoms with Crippen LogP contribution in [0.3, 0.4) is 0 Å². The first-order valence-corrected chi connectivity index (χ1v) is 13.2. The van der Waals surface area contributed by atoms with Crippen molar-refractivity contribution in [3.8, 4) is 5.75 Å². The molecule has 1 amide bonds. The van der Waals surface area contributed by atoms with Crippen molar-refractivity contribution in [2.45, 2.75) is 17.9 Å². The van der Waals surface area contributed by atoms with Crippen LogP contribution in [0.25, 0.3) is 6.08 Å². The number of rotatable bonds is 10. The average molecular weight is 516 g/mol. The van der Waals surface area contributed by atoms with Crippen molar-refractivity contribution in [3.05, 3.63) is 88.1 Å². The summed E-state index contributed by atoms with van der Waals surface area (Å²) in [6.45, 7) is 0.561. The molecule has 3 N–H and O–H groups in total. The van der Waals surface area contributed by atoms with Gasteiger partial charge in [0.15, 0.2) is 5.11 Å². The Kier molecular flexibility index (Phi) is 9.20. The van der Waals surface area contributed by atoms with Gasteiger partial charge in [0.1, 0.15) is 17.3 Å². The summed E-state index contributed by atoms with van der Waals surface area (Å²) in [6, 6.07) is 18.2. The Balaban J connectivity index is 1.71. The first kappa shape index (κ1) is 25.4. The van der Waals surface area contributed by atoms with Crippen molar-refractivity contribution in [1.82, 2.24) is 15.4 Å². The van der Waals surface area contributed by atoms with E-state index in [1.165, 1.54) is 19.2 Å². The Morgan fingerprint density at radius 2 is 1.88 bits per heavy atom. The van der Waals surface area contributed by atoms with Crippen molar-refractivity contribution in [2.75, 3.05) is 13.6 Å². The molecule has 178 valence electrons. The van der Waals surface area contributed by atoms with Crippen LogP contribution in [-0.4, -0.2) is 33.0 Å². The third kappa shape index (κ3) is 7.68. The predicted molar refractivity (Wildman–Crippen MR) is 139 cm³/mol. The number of thiocarbonyl (C=S) groups is 1. The van der Waals surface area contributed by atoms with Crippen LogP contribution in [-0.2, 0) is 27.8 Å². The van der Waals surface area contributed by atoms with Gasteiger partial charge in [-0.2, -0.15) is 0 Å². The van der Waals surface area contributed by atoms with E-state index < -0.39 is 10.0 Å². The van der Waals surface area contributed by atoms with Crippen LogP contribution in [0.4, 0.5) is 0 Å². The van der Waals surface area contributed by atoms with Gasteiger partial charge in [-0.25, -0.2) is 8.42 Å². The van der Waals surface area contributed by atoms with Gasteiger partial charge in [0.2, 0.25) is 5.91 Å². The van der Waals surface area contributed by atoms with Crippen molar-refractivity contribution >= 4 is 50.7 Å². The number of benzene rings is 2. The fourth-order valence-corrected chi connectivity index (χ4v) is 5.04. The Hall–Kier alpha value is -3.21. The van der Waals surface area contributed by atoms with Gasteiger partial charge >= 0.3 is 0 Å². The average Bonchev–Trinajstić information content (AvgIpc) is 3.36. The molecule has 7 nitrogen and oxygen atoms in total. The largest absolute Gasteiger partial charge is 0.487 e. The van der Waals surface area contributed by atoms with E-state index in [0.717, 1.165) is 16.0 Å². The molecule has 0 atom stereocenters. The van der Waals surface area contributed by atoms with Gasteiger partial charge < -0.3 is 15.4 Å². The van der Waals surface area contributed by atoms with Crippen molar-refractivity contribution in [3.63, 3.8) is 0 Å². The maximum Gasteiger partial charge on any atom is 0.267 e. The second-order valence-corrected chi connectivity index (χ2v) is 10.2. The van der Waals surface area contributed by atoms with Crippen molar-refractivity contribution in [1.29, 1.82) is 0 Å². The van der Waals surface area contributed by atoms with E-state index in [1.807, 2.05) is 47.8 Å². The summed E-state index contributed by atoms with van der Waals surface area (Å²) in [5, 5.41) is 7.32. The zero-order valence-corrected chi connectivity index (χ0v) is 20.9. The lowest BCUT2D eigenvalue weighted by Crippen LogP contribution is -2.37. The number of carbonyl (C=O) groups is 1. The number of ether oxygens (including phenoxy) is 1. The number of thiophene rings is 1. The molecule has 10 heteroatoms. The fourth-order valence-electron chi connectivity index (χ4n) is 2.93. The monoisotopic (exact) mass is 515 g/mol. The molecule has 34 heavy (non-hydrogen) atoms. The third-order valence-corrected chi connectivity index (χ3v) is 7.29. The second kappa shape index (κ2) is 12.3. The zero-order valence-electron chi connectivity index (χ0n) is 18.5. The van der Waals surface area contributed by atoms with E-state index in [2.05, 4.69) is 15.4 Å². The van der Waals surface area contributed by atoms with Gasteiger partial charge in [0.05, 0.1) is 0 Å². The molecule has 0 saturated carbocycles. The maximum absolute atomic E-state index is 13.0. The summed E-state index contributed by atoms with van der Waals surface area (Å²) in [6.07, 6.45) is 3.67. The van der Waals surface area contributed by atoms with Crippen LogP contribution in [0.5, 0.6) is 5.75 Å². The second-order valence-electron chi connectivity index (χ2n) is 7.13. The predicted octanol–water partition coefficient (Wildman–Crippen LogP) is 3.48. The van der Waals surface area contributed by atoms with Crippen molar-refractivity contribution < 1.29 is 17.9 Å². The van der Waals surface area contributed by atoms with Gasteiger partial charge in [-0.3, -0.25) is 9.52 Å². The number of amides is 1. The minimum atomic E-state index is -3.98. The highest BCUT2D eigenvalue weighted by Crippen LogP contribution is 2.26. The van der Waals surface area contributed by atoms with Crippen LogP contribution in [0.15, 0.2) is 77.0 Å². The summed E-state index contributed by atoms with van der Waals surface area (Å²) in [5.41, 5.74) is 1.64. The van der Waals surface area contributed by atoms with Crippen LogP contribution < -0.4 is 20.1 Å². The molecular formula is C24H25N3O4S3. The summed E-state index contributed by atoms with van der Waals surface area (Å²) >= 11 is 6.52. The normalized spacial score (nSPS) is 11.2. The number of hydrogen-bond acceptors (Lipinski definition) is 6. The molecule has 0 bridgehead atoms. The first-order valence-electron chi connectivity index (χ1n) is 10.4. The molecule has 1 aromatic heterocycles. The minimum Gasteiger partial charge on any atom is -0.487 e. The number of hydrogen-bond donors (Lipinski definition) is 3. The molecule has 3 rings (SSSR count). The smallest absolute Gasteiger partial charge is 0.267 e. The van der Waals surface area contributed by atoms with Gasteiger partial charge in [0.25, 0.3) is 10.0 Å². The molecule has 0 aliphatic rings. The van der Waals surface area contributed by atoms with Crippen LogP contribution in [0.2, 0.25) is 0 Å². The summed E-state index contributed by atoms with van der Waals surface area (Å²) in [7, 11) is -2.45. The van der Waals surface area contributed by atoms with Gasteiger partial charge in [0, 0.05) is 24.5 Å².